The molecule has 0 saturated carbocycles. The zero-order chi connectivity index (χ0) is 28.9. The highest BCUT2D eigenvalue weighted by atomic mass is 32.2. The topological polar surface area (TPSA) is 96.1 Å². The van der Waals surface area contributed by atoms with Crippen molar-refractivity contribution in [3.8, 4) is 17.0 Å². The van der Waals surface area contributed by atoms with Gasteiger partial charge in [-0.05, 0) is 72.2 Å². The van der Waals surface area contributed by atoms with Gasteiger partial charge in [-0.15, -0.1) is 0 Å². The van der Waals surface area contributed by atoms with Gasteiger partial charge in [0.1, 0.15) is 5.82 Å². The summed E-state index contributed by atoms with van der Waals surface area (Å²) in [5.74, 6) is 0.757. The Morgan fingerprint density at radius 2 is 1.95 bits per heavy atom. The minimum atomic E-state index is -0.547. The number of nitrogens with zero attached hydrogens (tertiary/aromatic N) is 1. The molecule has 1 unspecified atom stereocenters. The summed E-state index contributed by atoms with van der Waals surface area (Å²) in [6, 6.07) is 17.3. The summed E-state index contributed by atoms with van der Waals surface area (Å²) in [6.07, 6.45) is 3.91. The molecule has 3 N–H and O–H groups in total. The van der Waals surface area contributed by atoms with Gasteiger partial charge in [-0.25, -0.2) is 9.37 Å². The number of H-pyrrole nitrogens is 1. The predicted octanol–water partition coefficient (Wildman–Crippen LogP) is 7.50. The number of methoxy groups -OCH3 is 1. The Labute approximate surface area is 243 Å². The number of fused-ring (bicyclic) bond motifs is 1. The van der Waals surface area contributed by atoms with Gasteiger partial charge < -0.3 is 20.4 Å². The highest BCUT2D eigenvalue weighted by Gasteiger charge is 2.32. The molecule has 212 valence electrons. The molecule has 9 heteroatoms. The smallest absolute Gasteiger partial charge is 0.256 e. The first kappa shape index (κ1) is 28.4. The fourth-order valence-corrected chi connectivity index (χ4v) is 6.00. The number of amides is 1. The third-order valence-corrected chi connectivity index (χ3v) is 8.19. The van der Waals surface area contributed by atoms with Crippen molar-refractivity contribution in [3.05, 3.63) is 89.5 Å². The van der Waals surface area contributed by atoms with Gasteiger partial charge in [-0.2, -0.15) is 11.8 Å². The molecule has 1 aliphatic carbocycles. The van der Waals surface area contributed by atoms with Crippen molar-refractivity contribution in [3.63, 3.8) is 0 Å². The summed E-state index contributed by atoms with van der Waals surface area (Å²) in [5.41, 5.74) is 4.96. The second kappa shape index (κ2) is 12.6. The largest absolute Gasteiger partial charge is 0.494 e. The molecule has 0 fully saturated rings. The SMILES string of the molecule is COc1cc(C(=O)Nc2cc(-c3[nH]c4c(c3Nc3ccccc3)C(=O)CC(CCSC(C)C)C4)ccn2)ccc1F. The molecular formula is C32H33FN4O3S. The maximum atomic E-state index is 13.8. The van der Waals surface area contributed by atoms with Crippen molar-refractivity contribution >= 4 is 40.6 Å². The van der Waals surface area contributed by atoms with E-state index in [1.165, 1.54) is 25.3 Å². The van der Waals surface area contributed by atoms with E-state index in [9.17, 15) is 14.0 Å². The third kappa shape index (κ3) is 6.62. The number of pyridine rings is 1. The van der Waals surface area contributed by atoms with Crippen LogP contribution in [0.15, 0.2) is 66.9 Å². The quantitative estimate of drug-likeness (QED) is 0.182. The average molecular weight is 573 g/mol. The number of carbonyl (C=O) groups is 2. The van der Waals surface area contributed by atoms with E-state index in [0.717, 1.165) is 46.9 Å². The van der Waals surface area contributed by atoms with Gasteiger partial charge in [0, 0.05) is 35.1 Å². The predicted molar refractivity (Wildman–Crippen MR) is 163 cm³/mol. The van der Waals surface area contributed by atoms with Gasteiger partial charge in [-0.1, -0.05) is 32.0 Å². The van der Waals surface area contributed by atoms with E-state index in [2.05, 4.69) is 34.4 Å². The number of anilines is 3. The van der Waals surface area contributed by atoms with Crippen LogP contribution < -0.4 is 15.4 Å². The Balaban J connectivity index is 1.46. The summed E-state index contributed by atoms with van der Waals surface area (Å²) in [7, 11) is 1.35. The number of nitrogens with one attached hydrogen (secondary N) is 3. The van der Waals surface area contributed by atoms with Crippen LogP contribution in [-0.2, 0) is 6.42 Å². The molecule has 0 aliphatic heterocycles. The van der Waals surface area contributed by atoms with E-state index in [1.807, 2.05) is 48.2 Å². The van der Waals surface area contributed by atoms with Gasteiger partial charge in [-0.3, -0.25) is 9.59 Å². The van der Waals surface area contributed by atoms with Crippen LogP contribution in [0.25, 0.3) is 11.3 Å². The normalized spacial score (nSPS) is 14.6. The molecule has 1 atom stereocenters. The third-order valence-electron chi connectivity index (χ3n) is 7.05. The fraction of sp³-hybridized carbons (Fsp3) is 0.281. The molecule has 2 aromatic carbocycles. The summed E-state index contributed by atoms with van der Waals surface area (Å²) in [5, 5.41) is 6.82. The first-order valence-electron chi connectivity index (χ1n) is 13.7. The lowest BCUT2D eigenvalue weighted by Gasteiger charge is -2.22. The molecule has 5 rings (SSSR count). The molecule has 2 aromatic heterocycles. The molecular weight excluding hydrogens is 539 g/mol. The molecule has 0 spiro atoms. The highest BCUT2D eigenvalue weighted by Crippen LogP contribution is 2.41. The molecule has 4 aromatic rings. The number of carbonyl (C=O) groups excluding carboxylic acids is 2. The summed E-state index contributed by atoms with van der Waals surface area (Å²) >= 11 is 1.92. The van der Waals surface area contributed by atoms with Crippen LogP contribution in [0.5, 0.6) is 5.75 Å². The van der Waals surface area contributed by atoms with E-state index in [4.69, 9.17) is 4.74 Å². The van der Waals surface area contributed by atoms with Gasteiger partial charge in [0.2, 0.25) is 0 Å². The second-order valence-electron chi connectivity index (χ2n) is 10.4. The maximum absolute atomic E-state index is 13.8. The van der Waals surface area contributed by atoms with Crippen LogP contribution in [-0.4, -0.2) is 39.8 Å². The molecule has 41 heavy (non-hydrogen) atoms. The first-order chi connectivity index (χ1) is 19.8. The standard InChI is InChI=1S/C32H33FN4O3S/c1-19(2)41-14-12-20-15-25-29(26(38)16-20)31(35-23-7-5-4-6-8-23)30(36-25)21-11-13-34-28(18-21)37-32(39)22-9-10-24(33)27(17-22)40-3/h4-11,13,17-20,35-36H,12,14-16H2,1-3H3,(H,34,37,39). The highest BCUT2D eigenvalue weighted by molar-refractivity contribution is 7.99. The number of para-hydroxylation sites is 1. The van der Waals surface area contributed by atoms with E-state index < -0.39 is 11.7 Å². The molecule has 2 heterocycles. The van der Waals surface area contributed by atoms with Crippen molar-refractivity contribution in [2.75, 3.05) is 23.5 Å². The lowest BCUT2D eigenvalue weighted by molar-refractivity contribution is 0.0947. The van der Waals surface area contributed by atoms with Crippen LogP contribution >= 0.6 is 11.8 Å². The fourth-order valence-electron chi connectivity index (χ4n) is 5.06. The minimum Gasteiger partial charge on any atom is -0.494 e. The zero-order valence-corrected chi connectivity index (χ0v) is 24.1. The van der Waals surface area contributed by atoms with Crippen LogP contribution in [0.1, 0.15) is 53.1 Å². The first-order valence-corrected chi connectivity index (χ1v) is 14.7. The molecule has 7 nitrogen and oxygen atoms in total. The number of aromatic nitrogens is 2. The number of ketones is 1. The Kier molecular flexibility index (Phi) is 8.73. The summed E-state index contributed by atoms with van der Waals surface area (Å²) in [6.45, 7) is 4.38. The monoisotopic (exact) mass is 572 g/mol. The van der Waals surface area contributed by atoms with Crippen LogP contribution in [0.2, 0.25) is 0 Å². The van der Waals surface area contributed by atoms with E-state index in [0.29, 0.717) is 23.1 Å². The molecule has 0 radical (unpaired) electrons. The Hall–Kier alpha value is -4.11. The number of ether oxygens (including phenoxy) is 1. The molecule has 1 aliphatic rings. The number of thioether (sulfide) groups is 1. The van der Waals surface area contributed by atoms with Crippen molar-refractivity contribution < 1.29 is 18.7 Å². The van der Waals surface area contributed by atoms with Crippen molar-refractivity contribution in [2.24, 2.45) is 5.92 Å². The van der Waals surface area contributed by atoms with E-state index in [-0.39, 0.29) is 23.0 Å². The number of hydrogen-bond donors (Lipinski definition) is 3. The number of benzene rings is 2. The van der Waals surface area contributed by atoms with E-state index >= 15 is 0 Å². The Bertz CT molecular complexity index is 1550. The summed E-state index contributed by atoms with van der Waals surface area (Å²) < 4.78 is 18.8. The van der Waals surface area contributed by atoms with Crippen molar-refractivity contribution in [2.45, 2.75) is 38.4 Å². The van der Waals surface area contributed by atoms with Gasteiger partial charge >= 0.3 is 0 Å². The Morgan fingerprint density at radius 1 is 1.15 bits per heavy atom. The number of Topliss-reactive ketones (excluding diaryl/α,β-unsaturated/α-hetero) is 1. The lowest BCUT2D eigenvalue weighted by Crippen LogP contribution is -2.20. The van der Waals surface area contributed by atoms with Crippen LogP contribution in [0.4, 0.5) is 21.6 Å². The molecule has 1 amide bonds. The second-order valence-corrected chi connectivity index (χ2v) is 12.0. The van der Waals surface area contributed by atoms with Crippen LogP contribution in [0, 0.1) is 11.7 Å². The van der Waals surface area contributed by atoms with Gasteiger partial charge in [0.25, 0.3) is 5.91 Å². The number of hydrogen-bond acceptors (Lipinski definition) is 6. The lowest BCUT2D eigenvalue weighted by atomic mass is 9.84. The number of aromatic amines is 1. The number of rotatable bonds is 10. The van der Waals surface area contributed by atoms with E-state index in [1.54, 1.807) is 12.3 Å². The summed E-state index contributed by atoms with van der Waals surface area (Å²) in [4.78, 5) is 34.3. The average Bonchev–Trinajstić information content (AvgIpc) is 3.32. The van der Waals surface area contributed by atoms with Gasteiger partial charge in [0.05, 0.1) is 24.1 Å². The Morgan fingerprint density at radius 3 is 2.71 bits per heavy atom. The molecule has 0 bridgehead atoms. The van der Waals surface area contributed by atoms with Crippen molar-refractivity contribution in [1.29, 1.82) is 0 Å². The molecule has 0 saturated heterocycles. The zero-order valence-electron chi connectivity index (χ0n) is 23.3. The van der Waals surface area contributed by atoms with Gasteiger partial charge in [0.15, 0.2) is 17.3 Å². The van der Waals surface area contributed by atoms with Crippen molar-refractivity contribution in [1.82, 2.24) is 9.97 Å². The minimum absolute atomic E-state index is 0.0151. The number of halogens is 1. The maximum Gasteiger partial charge on any atom is 0.256 e. The van der Waals surface area contributed by atoms with Crippen LogP contribution in [0.3, 0.4) is 0 Å².